The molecule has 112 valence electrons. The lowest BCUT2D eigenvalue weighted by atomic mass is 10.2. The van der Waals surface area contributed by atoms with Gasteiger partial charge in [0.05, 0.1) is 0 Å². The third-order valence-corrected chi connectivity index (χ3v) is 3.35. The molecule has 0 amide bonds. The van der Waals surface area contributed by atoms with Crippen molar-refractivity contribution in [3.63, 3.8) is 0 Å². The van der Waals surface area contributed by atoms with Crippen molar-refractivity contribution in [2.24, 2.45) is 0 Å². The number of anilines is 3. The monoisotopic (exact) mass is 284 g/mol. The van der Waals surface area contributed by atoms with Gasteiger partial charge < -0.3 is 10.2 Å². The molecule has 1 aromatic heterocycles. The maximum Gasteiger partial charge on any atom is 0.231 e. The summed E-state index contributed by atoms with van der Waals surface area (Å²) in [6.07, 6.45) is 4.14. The molecule has 1 aromatic carbocycles. The highest BCUT2D eigenvalue weighted by Gasteiger charge is 2.10. The molecule has 0 aliphatic rings. The average molecular weight is 284 g/mol. The van der Waals surface area contributed by atoms with Gasteiger partial charge in [0.1, 0.15) is 5.82 Å². The molecule has 1 heterocycles. The van der Waals surface area contributed by atoms with E-state index in [1.165, 1.54) is 12.0 Å². The average Bonchev–Trinajstić information content (AvgIpc) is 2.49. The first-order valence-electron chi connectivity index (χ1n) is 7.65. The molecule has 0 unspecified atom stereocenters. The number of nitrogens with one attached hydrogen (secondary N) is 1. The maximum atomic E-state index is 4.63. The van der Waals surface area contributed by atoms with E-state index in [1.807, 2.05) is 12.3 Å². The van der Waals surface area contributed by atoms with Gasteiger partial charge in [-0.05, 0) is 44.0 Å². The van der Waals surface area contributed by atoms with E-state index in [2.05, 4.69) is 65.2 Å². The lowest BCUT2D eigenvalue weighted by Gasteiger charge is -2.21. The van der Waals surface area contributed by atoms with Crippen LogP contribution in [0.3, 0.4) is 0 Å². The molecule has 0 fully saturated rings. The summed E-state index contributed by atoms with van der Waals surface area (Å²) in [7, 11) is 0. The molecule has 0 radical (unpaired) electrons. The molecular weight excluding hydrogens is 260 g/mol. The van der Waals surface area contributed by atoms with Crippen LogP contribution in [0.2, 0.25) is 0 Å². The van der Waals surface area contributed by atoms with Crippen LogP contribution in [0.1, 0.15) is 32.3 Å². The summed E-state index contributed by atoms with van der Waals surface area (Å²) in [5, 5.41) is 3.35. The second kappa shape index (κ2) is 7.62. The Bertz CT molecular complexity index is 568. The molecule has 21 heavy (non-hydrogen) atoms. The Balaban J connectivity index is 2.20. The van der Waals surface area contributed by atoms with Crippen LogP contribution in [-0.2, 0) is 0 Å². The van der Waals surface area contributed by atoms with Crippen molar-refractivity contribution in [1.82, 2.24) is 9.97 Å². The van der Waals surface area contributed by atoms with Gasteiger partial charge in [0, 0.05) is 25.0 Å². The van der Waals surface area contributed by atoms with Crippen LogP contribution in [0.4, 0.5) is 17.5 Å². The Morgan fingerprint density at radius 3 is 2.76 bits per heavy atom. The van der Waals surface area contributed by atoms with Crippen LogP contribution < -0.4 is 10.2 Å². The van der Waals surface area contributed by atoms with Gasteiger partial charge in [-0.15, -0.1) is 0 Å². The summed E-state index contributed by atoms with van der Waals surface area (Å²) in [4.78, 5) is 11.2. The van der Waals surface area contributed by atoms with Gasteiger partial charge in [-0.1, -0.05) is 25.5 Å². The van der Waals surface area contributed by atoms with Crippen molar-refractivity contribution < 1.29 is 0 Å². The van der Waals surface area contributed by atoms with Crippen molar-refractivity contribution in [1.29, 1.82) is 0 Å². The van der Waals surface area contributed by atoms with E-state index in [1.54, 1.807) is 0 Å². The van der Waals surface area contributed by atoms with E-state index in [9.17, 15) is 0 Å². The zero-order chi connectivity index (χ0) is 15.1. The van der Waals surface area contributed by atoms with E-state index in [0.717, 1.165) is 37.0 Å². The zero-order valence-corrected chi connectivity index (χ0v) is 13.1. The summed E-state index contributed by atoms with van der Waals surface area (Å²) in [5.74, 6) is 1.63. The molecule has 4 heteroatoms. The number of benzene rings is 1. The second-order valence-corrected chi connectivity index (χ2v) is 5.11. The molecule has 0 spiro atoms. The first-order chi connectivity index (χ1) is 10.2. The van der Waals surface area contributed by atoms with E-state index in [4.69, 9.17) is 0 Å². The van der Waals surface area contributed by atoms with E-state index < -0.39 is 0 Å². The topological polar surface area (TPSA) is 41.1 Å². The van der Waals surface area contributed by atoms with Gasteiger partial charge in [0.15, 0.2) is 0 Å². The van der Waals surface area contributed by atoms with Crippen molar-refractivity contribution in [3.8, 4) is 0 Å². The smallest absolute Gasteiger partial charge is 0.231 e. The first-order valence-corrected chi connectivity index (χ1v) is 7.65. The fraction of sp³-hybridized carbons (Fsp3) is 0.412. The molecular formula is C17H24N4. The van der Waals surface area contributed by atoms with Crippen LogP contribution in [0, 0.1) is 6.92 Å². The van der Waals surface area contributed by atoms with Crippen LogP contribution in [0.15, 0.2) is 36.5 Å². The molecule has 0 aliphatic heterocycles. The molecule has 2 rings (SSSR count). The molecule has 1 N–H and O–H groups in total. The highest BCUT2D eigenvalue weighted by Crippen LogP contribution is 2.23. The highest BCUT2D eigenvalue weighted by atomic mass is 15.3. The van der Waals surface area contributed by atoms with E-state index in [0.29, 0.717) is 0 Å². The predicted octanol–water partition coefficient (Wildman–Crippen LogP) is 4.16. The van der Waals surface area contributed by atoms with Crippen LogP contribution in [0.25, 0.3) is 0 Å². The molecule has 0 atom stereocenters. The first kappa shape index (κ1) is 15.3. The van der Waals surface area contributed by atoms with Crippen LogP contribution in [0.5, 0.6) is 0 Å². The third-order valence-electron chi connectivity index (χ3n) is 3.35. The Hall–Kier alpha value is -2.10. The van der Waals surface area contributed by atoms with Gasteiger partial charge in [-0.25, -0.2) is 4.98 Å². The summed E-state index contributed by atoms with van der Waals surface area (Å²) < 4.78 is 0. The van der Waals surface area contributed by atoms with E-state index >= 15 is 0 Å². The van der Waals surface area contributed by atoms with Gasteiger partial charge in [-0.2, -0.15) is 4.98 Å². The number of aromatic nitrogens is 2. The molecule has 0 saturated heterocycles. The van der Waals surface area contributed by atoms with Crippen molar-refractivity contribution >= 4 is 17.5 Å². The highest BCUT2D eigenvalue weighted by molar-refractivity contribution is 5.59. The molecule has 0 saturated carbocycles. The number of hydrogen-bond acceptors (Lipinski definition) is 4. The minimum Gasteiger partial charge on any atom is -0.370 e. The van der Waals surface area contributed by atoms with Crippen LogP contribution in [-0.4, -0.2) is 23.1 Å². The molecule has 2 aromatic rings. The standard InChI is InChI=1S/C17H24N4/c1-4-6-11-18-16-10-12-19-17(20-16)21(5-2)15-9-7-8-14(3)13-15/h7-10,12-13H,4-6,11H2,1-3H3,(H,18,19,20). The Labute approximate surface area is 127 Å². The Morgan fingerprint density at radius 2 is 2.05 bits per heavy atom. The van der Waals surface area contributed by atoms with Gasteiger partial charge in [-0.3, -0.25) is 0 Å². The molecule has 0 bridgehead atoms. The van der Waals surface area contributed by atoms with Crippen molar-refractivity contribution in [2.45, 2.75) is 33.6 Å². The second-order valence-electron chi connectivity index (χ2n) is 5.11. The lowest BCUT2D eigenvalue weighted by Crippen LogP contribution is -2.19. The number of hydrogen-bond donors (Lipinski definition) is 1. The zero-order valence-electron chi connectivity index (χ0n) is 13.1. The number of unbranched alkanes of at least 4 members (excludes halogenated alkanes) is 1. The summed E-state index contributed by atoms with van der Waals surface area (Å²) in [6.45, 7) is 8.18. The minimum absolute atomic E-state index is 0.740. The maximum absolute atomic E-state index is 4.63. The van der Waals surface area contributed by atoms with Gasteiger partial charge in [0.2, 0.25) is 5.95 Å². The Morgan fingerprint density at radius 1 is 1.19 bits per heavy atom. The van der Waals surface area contributed by atoms with Crippen LogP contribution >= 0.6 is 0 Å². The number of rotatable bonds is 7. The normalized spacial score (nSPS) is 10.4. The SMILES string of the molecule is CCCCNc1ccnc(N(CC)c2cccc(C)c2)n1. The van der Waals surface area contributed by atoms with Crippen molar-refractivity contribution in [3.05, 3.63) is 42.1 Å². The number of aryl methyl sites for hydroxylation is 1. The van der Waals surface area contributed by atoms with Crippen molar-refractivity contribution in [2.75, 3.05) is 23.3 Å². The predicted molar refractivity (Wildman–Crippen MR) is 89.3 cm³/mol. The van der Waals surface area contributed by atoms with E-state index in [-0.39, 0.29) is 0 Å². The van der Waals surface area contributed by atoms with Gasteiger partial charge in [0.25, 0.3) is 0 Å². The number of nitrogens with zero attached hydrogens (tertiary/aromatic N) is 3. The third kappa shape index (κ3) is 4.18. The summed E-state index contributed by atoms with van der Waals surface area (Å²) >= 11 is 0. The fourth-order valence-electron chi connectivity index (χ4n) is 2.21. The minimum atomic E-state index is 0.740. The lowest BCUT2D eigenvalue weighted by molar-refractivity contribution is 0.829. The Kier molecular flexibility index (Phi) is 5.55. The molecule has 0 aliphatic carbocycles. The quantitative estimate of drug-likeness (QED) is 0.775. The largest absolute Gasteiger partial charge is 0.370 e. The summed E-state index contributed by atoms with van der Waals surface area (Å²) in [6, 6.07) is 10.3. The van der Waals surface area contributed by atoms with Gasteiger partial charge >= 0.3 is 0 Å². The fourth-order valence-corrected chi connectivity index (χ4v) is 2.21. The molecule has 4 nitrogen and oxygen atoms in total. The summed E-state index contributed by atoms with van der Waals surface area (Å²) in [5.41, 5.74) is 2.37.